The van der Waals surface area contributed by atoms with E-state index in [0.29, 0.717) is 29.3 Å². The van der Waals surface area contributed by atoms with Crippen LogP contribution >= 0.6 is 0 Å². The predicted molar refractivity (Wildman–Crippen MR) is 152 cm³/mol. The third kappa shape index (κ3) is 4.96. The van der Waals surface area contributed by atoms with Crippen LogP contribution in [0.5, 0.6) is 17.2 Å². The van der Waals surface area contributed by atoms with Crippen molar-refractivity contribution in [3.8, 4) is 39.6 Å². The van der Waals surface area contributed by atoms with Crippen LogP contribution in [0.1, 0.15) is 22.3 Å². The molecule has 190 valence electrons. The van der Waals surface area contributed by atoms with E-state index in [1.807, 2.05) is 92.7 Å². The third-order valence-corrected chi connectivity index (χ3v) is 6.79. The first kappa shape index (κ1) is 25.0. The molecule has 0 spiro atoms. The fourth-order valence-electron chi connectivity index (χ4n) is 4.59. The maximum Gasteiger partial charge on any atom is 0.310 e. The number of hydrogen-bond acceptors (Lipinski definition) is 4. The molecule has 1 heterocycles. The first-order chi connectivity index (χ1) is 18.5. The van der Waals surface area contributed by atoms with Crippen LogP contribution in [0.25, 0.3) is 22.4 Å². The Morgan fingerprint density at radius 3 is 1.84 bits per heavy atom. The molecule has 4 aromatic carbocycles. The van der Waals surface area contributed by atoms with E-state index in [2.05, 4.69) is 13.0 Å². The average Bonchev–Trinajstić information content (AvgIpc) is 2.93. The molecule has 0 bridgehead atoms. The van der Waals surface area contributed by atoms with Gasteiger partial charge in [-0.2, -0.15) is 5.10 Å². The number of rotatable bonds is 7. The van der Waals surface area contributed by atoms with Crippen molar-refractivity contribution < 1.29 is 9.47 Å². The zero-order chi connectivity index (χ0) is 26.6. The average molecular weight is 503 g/mol. The molecule has 0 N–H and O–H groups in total. The first-order valence-electron chi connectivity index (χ1n) is 12.6. The zero-order valence-electron chi connectivity index (χ0n) is 22.1. The molecule has 0 fully saturated rings. The van der Waals surface area contributed by atoms with E-state index in [0.717, 1.165) is 33.4 Å². The summed E-state index contributed by atoms with van der Waals surface area (Å²) in [5.41, 5.74) is 7.15. The van der Waals surface area contributed by atoms with E-state index in [4.69, 9.17) is 14.6 Å². The van der Waals surface area contributed by atoms with Gasteiger partial charge in [-0.25, -0.2) is 4.68 Å². The Kier molecular flexibility index (Phi) is 7.09. The van der Waals surface area contributed by atoms with Crippen molar-refractivity contribution in [2.45, 2.75) is 27.3 Å². The summed E-state index contributed by atoms with van der Waals surface area (Å²) in [6, 6.07) is 31.4. The van der Waals surface area contributed by atoms with Gasteiger partial charge in [0.05, 0.1) is 19.2 Å². The minimum absolute atomic E-state index is 0.242. The van der Waals surface area contributed by atoms with E-state index in [9.17, 15) is 4.79 Å². The van der Waals surface area contributed by atoms with Crippen LogP contribution in [0.15, 0.2) is 102 Å². The Morgan fingerprint density at radius 1 is 0.684 bits per heavy atom. The van der Waals surface area contributed by atoms with Crippen LogP contribution in [0.4, 0.5) is 0 Å². The number of nitrogens with zero attached hydrogens (tertiary/aromatic N) is 2. The number of aromatic nitrogens is 2. The Bertz CT molecular complexity index is 1650. The highest BCUT2D eigenvalue weighted by Crippen LogP contribution is 2.40. The van der Waals surface area contributed by atoms with Crippen molar-refractivity contribution in [2.75, 3.05) is 7.11 Å². The SMILES string of the molecule is COc1ccc(Oc2c(-c3ccccc3C)c(-c3ccccc3C)nn(Cc3ccccc3C)c2=O)cc1. The molecule has 0 radical (unpaired) electrons. The molecule has 0 aliphatic heterocycles. The highest BCUT2D eigenvalue weighted by molar-refractivity contribution is 5.87. The van der Waals surface area contributed by atoms with Crippen molar-refractivity contribution in [3.05, 3.63) is 130 Å². The summed E-state index contributed by atoms with van der Waals surface area (Å²) in [7, 11) is 1.62. The summed E-state index contributed by atoms with van der Waals surface area (Å²) in [6.07, 6.45) is 0. The Labute approximate surface area is 222 Å². The Balaban J connectivity index is 1.81. The fraction of sp³-hybridized carbons (Fsp3) is 0.152. The molecule has 1 aromatic heterocycles. The van der Waals surface area contributed by atoms with E-state index in [1.165, 1.54) is 4.68 Å². The number of ether oxygens (including phenoxy) is 2. The van der Waals surface area contributed by atoms with Gasteiger partial charge in [0.15, 0.2) is 0 Å². The number of hydrogen-bond donors (Lipinski definition) is 0. The molecule has 5 rings (SSSR count). The summed E-state index contributed by atoms with van der Waals surface area (Å²) in [5.74, 6) is 1.50. The van der Waals surface area contributed by atoms with Crippen molar-refractivity contribution >= 4 is 0 Å². The van der Waals surface area contributed by atoms with Gasteiger partial charge < -0.3 is 9.47 Å². The standard InChI is InChI=1S/C33H30N2O3/c1-22-11-5-8-14-25(22)21-35-33(36)32(38-27-19-17-26(37-4)18-20-27)30(28-15-9-6-12-23(28)2)31(34-35)29-16-10-7-13-24(29)3/h5-20H,21H2,1-4H3. The lowest BCUT2D eigenvalue weighted by Crippen LogP contribution is -2.26. The highest BCUT2D eigenvalue weighted by Gasteiger charge is 2.24. The van der Waals surface area contributed by atoms with Crippen molar-refractivity contribution in [1.29, 1.82) is 0 Å². The monoisotopic (exact) mass is 502 g/mol. The van der Waals surface area contributed by atoms with Gasteiger partial charge in [0, 0.05) is 5.56 Å². The Morgan fingerprint density at radius 2 is 1.24 bits per heavy atom. The van der Waals surface area contributed by atoms with E-state index < -0.39 is 0 Å². The quantitative estimate of drug-likeness (QED) is 0.233. The van der Waals surface area contributed by atoms with Crippen LogP contribution in [-0.4, -0.2) is 16.9 Å². The molecular weight excluding hydrogens is 472 g/mol. The molecule has 0 saturated heterocycles. The largest absolute Gasteiger partial charge is 0.497 e. The summed E-state index contributed by atoms with van der Waals surface area (Å²) >= 11 is 0. The molecule has 0 aliphatic rings. The first-order valence-corrected chi connectivity index (χ1v) is 12.6. The summed E-state index contributed by atoms with van der Waals surface area (Å²) in [5, 5.41) is 4.99. The molecule has 38 heavy (non-hydrogen) atoms. The van der Waals surface area contributed by atoms with Gasteiger partial charge in [0.2, 0.25) is 5.75 Å². The predicted octanol–water partition coefficient (Wildman–Crippen LogP) is 7.35. The lowest BCUT2D eigenvalue weighted by molar-refractivity contribution is 0.412. The smallest absolute Gasteiger partial charge is 0.310 e. The number of aryl methyl sites for hydroxylation is 3. The van der Waals surface area contributed by atoms with E-state index >= 15 is 0 Å². The van der Waals surface area contributed by atoms with Crippen LogP contribution in [0, 0.1) is 20.8 Å². The summed E-state index contributed by atoms with van der Waals surface area (Å²) in [6.45, 7) is 6.46. The third-order valence-electron chi connectivity index (χ3n) is 6.79. The van der Waals surface area contributed by atoms with Gasteiger partial charge in [-0.3, -0.25) is 4.79 Å². The summed E-state index contributed by atoms with van der Waals surface area (Å²) in [4.78, 5) is 14.1. The van der Waals surface area contributed by atoms with Gasteiger partial charge in [0.1, 0.15) is 17.2 Å². The van der Waals surface area contributed by atoms with Crippen molar-refractivity contribution in [3.63, 3.8) is 0 Å². The van der Waals surface area contributed by atoms with Gasteiger partial charge in [-0.15, -0.1) is 0 Å². The second kappa shape index (κ2) is 10.8. The minimum Gasteiger partial charge on any atom is -0.497 e. The highest BCUT2D eigenvalue weighted by atomic mass is 16.5. The molecule has 0 unspecified atom stereocenters. The molecule has 0 aliphatic carbocycles. The maximum atomic E-state index is 14.1. The Hall–Kier alpha value is -4.64. The lowest BCUT2D eigenvalue weighted by Gasteiger charge is -2.20. The van der Waals surface area contributed by atoms with Crippen LogP contribution in [0.2, 0.25) is 0 Å². The van der Waals surface area contributed by atoms with Crippen LogP contribution < -0.4 is 15.0 Å². The molecule has 5 nitrogen and oxygen atoms in total. The molecule has 0 atom stereocenters. The lowest BCUT2D eigenvalue weighted by atomic mass is 9.94. The number of benzene rings is 4. The van der Waals surface area contributed by atoms with Gasteiger partial charge in [-0.1, -0.05) is 72.8 Å². The zero-order valence-corrected chi connectivity index (χ0v) is 22.1. The second-order valence-electron chi connectivity index (χ2n) is 9.35. The fourth-order valence-corrected chi connectivity index (χ4v) is 4.59. The van der Waals surface area contributed by atoms with Gasteiger partial charge in [-0.05, 0) is 72.9 Å². The molecule has 0 saturated carbocycles. The number of methoxy groups -OCH3 is 1. The van der Waals surface area contributed by atoms with Crippen LogP contribution in [-0.2, 0) is 6.54 Å². The second-order valence-corrected chi connectivity index (χ2v) is 9.35. The van der Waals surface area contributed by atoms with Gasteiger partial charge >= 0.3 is 5.56 Å². The molecule has 5 aromatic rings. The maximum absolute atomic E-state index is 14.1. The van der Waals surface area contributed by atoms with Gasteiger partial charge in [0.25, 0.3) is 0 Å². The topological polar surface area (TPSA) is 53.4 Å². The van der Waals surface area contributed by atoms with Crippen molar-refractivity contribution in [1.82, 2.24) is 9.78 Å². The minimum atomic E-state index is -0.292. The normalized spacial score (nSPS) is 10.8. The van der Waals surface area contributed by atoms with Crippen molar-refractivity contribution in [2.24, 2.45) is 0 Å². The molecule has 0 amide bonds. The molecule has 5 heteroatoms. The van der Waals surface area contributed by atoms with Crippen LogP contribution in [0.3, 0.4) is 0 Å². The van der Waals surface area contributed by atoms with E-state index in [-0.39, 0.29) is 11.3 Å². The van der Waals surface area contributed by atoms with E-state index in [1.54, 1.807) is 19.2 Å². The molecular formula is C33H30N2O3. The summed E-state index contributed by atoms with van der Waals surface area (Å²) < 4.78 is 13.3.